The lowest BCUT2D eigenvalue weighted by Crippen LogP contribution is -2.27. The van der Waals surface area contributed by atoms with E-state index in [0.29, 0.717) is 5.92 Å². The molecule has 0 saturated heterocycles. The van der Waals surface area contributed by atoms with Gasteiger partial charge in [-0.25, -0.2) is 9.37 Å². The monoisotopic (exact) mass is 281 g/mol. The Kier molecular flexibility index (Phi) is 4.26. The van der Waals surface area contributed by atoms with E-state index >= 15 is 0 Å². The maximum Gasteiger partial charge on any atom is 0.166 e. The molecule has 1 aliphatic rings. The average Bonchev–Trinajstić information content (AvgIpc) is 3.16. The van der Waals surface area contributed by atoms with Crippen molar-refractivity contribution in [3.63, 3.8) is 0 Å². The van der Waals surface area contributed by atoms with Crippen molar-refractivity contribution < 1.29 is 4.39 Å². The molecule has 102 valence electrons. The van der Waals surface area contributed by atoms with Gasteiger partial charge in [-0.1, -0.05) is 38.3 Å². The molecule has 0 unspecified atom stereocenters. The number of nitriles is 1. The molecule has 1 fully saturated rings. The Morgan fingerprint density at radius 3 is 2.79 bits per heavy atom. The van der Waals surface area contributed by atoms with Crippen molar-refractivity contribution in [2.75, 3.05) is 5.32 Å². The van der Waals surface area contributed by atoms with E-state index in [4.69, 9.17) is 16.9 Å². The van der Waals surface area contributed by atoms with Gasteiger partial charge in [0.1, 0.15) is 11.2 Å². The molecule has 1 N–H and O–H groups in total. The van der Waals surface area contributed by atoms with Gasteiger partial charge in [-0.3, -0.25) is 0 Å². The van der Waals surface area contributed by atoms with Crippen LogP contribution in [0.1, 0.15) is 38.7 Å². The molecule has 0 aromatic carbocycles. The van der Waals surface area contributed by atoms with Crippen LogP contribution in [0.2, 0.25) is 5.15 Å². The fourth-order valence-electron chi connectivity index (χ4n) is 2.03. The summed E-state index contributed by atoms with van der Waals surface area (Å²) >= 11 is 5.84. The van der Waals surface area contributed by atoms with E-state index in [1.807, 2.05) is 6.07 Å². The first-order valence-electron chi connectivity index (χ1n) is 6.54. The number of pyridine rings is 1. The van der Waals surface area contributed by atoms with Gasteiger partial charge < -0.3 is 5.32 Å². The van der Waals surface area contributed by atoms with Crippen LogP contribution in [0.5, 0.6) is 0 Å². The van der Waals surface area contributed by atoms with Crippen LogP contribution in [0.3, 0.4) is 0 Å². The molecule has 1 atom stereocenters. The Bertz CT molecular complexity index is 506. The minimum Gasteiger partial charge on any atom is -0.365 e. The van der Waals surface area contributed by atoms with Gasteiger partial charge in [0.05, 0.1) is 5.56 Å². The first-order chi connectivity index (χ1) is 9.01. The average molecular weight is 282 g/mol. The molecule has 1 aromatic rings. The summed E-state index contributed by atoms with van der Waals surface area (Å²) in [6, 6.07) is 3.13. The molecule has 0 aliphatic heterocycles. The van der Waals surface area contributed by atoms with Gasteiger partial charge in [0.25, 0.3) is 0 Å². The lowest BCUT2D eigenvalue weighted by atomic mass is 9.98. The fraction of sp³-hybridized carbons (Fsp3) is 0.571. The van der Waals surface area contributed by atoms with Crippen LogP contribution < -0.4 is 5.32 Å². The zero-order valence-electron chi connectivity index (χ0n) is 11.1. The normalized spacial score (nSPS) is 16.2. The summed E-state index contributed by atoms with van der Waals surface area (Å²) < 4.78 is 13.9. The highest BCUT2D eigenvalue weighted by Crippen LogP contribution is 2.36. The van der Waals surface area contributed by atoms with Crippen LogP contribution in [0.15, 0.2) is 6.07 Å². The highest BCUT2D eigenvalue weighted by Gasteiger charge is 2.27. The van der Waals surface area contributed by atoms with E-state index in [0.717, 1.165) is 18.4 Å². The Morgan fingerprint density at radius 1 is 1.58 bits per heavy atom. The van der Waals surface area contributed by atoms with Gasteiger partial charge in [0, 0.05) is 6.04 Å². The molecule has 1 heterocycles. The predicted octanol–water partition coefficient (Wildman–Crippen LogP) is 3.98. The molecule has 0 bridgehead atoms. The summed E-state index contributed by atoms with van der Waals surface area (Å²) in [5.41, 5.74) is 0.0630. The third-order valence-electron chi connectivity index (χ3n) is 3.46. The second kappa shape index (κ2) is 5.75. The van der Waals surface area contributed by atoms with Crippen molar-refractivity contribution >= 4 is 17.4 Å². The number of hydrogen-bond acceptors (Lipinski definition) is 3. The largest absolute Gasteiger partial charge is 0.365 e. The molecule has 3 nitrogen and oxygen atoms in total. The van der Waals surface area contributed by atoms with Gasteiger partial charge in [-0.05, 0) is 24.3 Å². The summed E-state index contributed by atoms with van der Waals surface area (Å²) in [7, 11) is 0. The Morgan fingerprint density at radius 2 is 2.26 bits per heavy atom. The summed E-state index contributed by atoms with van der Waals surface area (Å²) in [6.45, 7) is 4.20. The SMILES string of the molecule is CC(C)[C@@H](CC1CC1)Nc1nc(Cl)c(C#N)cc1F. The number of hydrogen-bond donors (Lipinski definition) is 1. The summed E-state index contributed by atoms with van der Waals surface area (Å²) in [5, 5.41) is 11.9. The van der Waals surface area contributed by atoms with Crippen LogP contribution in [-0.4, -0.2) is 11.0 Å². The minimum atomic E-state index is -0.526. The van der Waals surface area contributed by atoms with Crippen LogP contribution >= 0.6 is 11.6 Å². The molecule has 0 spiro atoms. The van der Waals surface area contributed by atoms with Crippen LogP contribution in [0.4, 0.5) is 10.2 Å². The topological polar surface area (TPSA) is 48.7 Å². The van der Waals surface area contributed by atoms with Crippen molar-refractivity contribution in [2.45, 2.75) is 39.2 Å². The number of nitrogens with one attached hydrogen (secondary N) is 1. The molecular formula is C14H17ClFN3. The van der Waals surface area contributed by atoms with Gasteiger partial charge in [0.2, 0.25) is 0 Å². The minimum absolute atomic E-state index is 0.0420. The molecule has 0 amide bonds. The van der Waals surface area contributed by atoms with Gasteiger partial charge >= 0.3 is 0 Å². The highest BCUT2D eigenvalue weighted by atomic mass is 35.5. The summed E-state index contributed by atoms with van der Waals surface area (Å²) in [6.07, 6.45) is 3.54. The molecule has 1 aliphatic carbocycles. The van der Waals surface area contributed by atoms with Crippen molar-refractivity contribution in [1.29, 1.82) is 5.26 Å². The van der Waals surface area contributed by atoms with E-state index in [1.165, 1.54) is 12.8 Å². The van der Waals surface area contributed by atoms with Crippen molar-refractivity contribution in [3.05, 3.63) is 22.6 Å². The van der Waals surface area contributed by atoms with Crippen molar-refractivity contribution in [1.82, 2.24) is 4.98 Å². The van der Waals surface area contributed by atoms with Crippen molar-refractivity contribution in [3.8, 4) is 6.07 Å². The summed E-state index contributed by atoms with van der Waals surface area (Å²) in [4.78, 5) is 3.95. The first-order valence-corrected chi connectivity index (χ1v) is 6.91. The number of aromatic nitrogens is 1. The van der Waals surface area contributed by atoms with E-state index < -0.39 is 5.82 Å². The molecule has 1 saturated carbocycles. The molecule has 19 heavy (non-hydrogen) atoms. The second-order valence-corrected chi connectivity index (χ2v) is 5.80. The van der Waals surface area contributed by atoms with Gasteiger partial charge in [-0.2, -0.15) is 5.26 Å². The van der Waals surface area contributed by atoms with E-state index in [9.17, 15) is 4.39 Å². The Labute approximate surface area is 117 Å². The number of rotatable bonds is 5. The number of anilines is 1. The third-order valence-corrected chi connectivity index (χ3v) is 3.75. The maximum atomic E-state index is 13.9. The molecule has 5 heteroatoms. The lowest BCUT2D eigenvalue weighted by molar-refractivity contribution is 0.466. The van der Waals surface area contributed by atoms with Gasteiger partial charge in [-0.15, -0.1) is 0 Å². The lowest BCUT2D eigenvalue weighted by Gasteiger charge is -2.23. The van der Waals surface area contributed by atoms with Crippen molar-refractivity contribution in [2.24, 2.45) is 11.8 Å². The highest BCUT2D eigenvalue weighted by molar-refractivity contribution is 6.30. The number of halogens is 2. The molecule has 1 aromatic heterocycles. The standard InChI is InChI=1S/C14H17ClFN3/c1-8(2)12(5-9-3-4-9)18-14-11(16)6-10(7-17)13(15)19-14/h6,8-9,12H,3-5H2,1-2H3,(H,18,19)/t12-/m1/s1. The molecule has 2 rings (SSSR count). The van der Waals surface area contributed by atoms with Crippen LogP contribution in [-0.2, 0) is 0 Å². The van der Waals surface area contributed by atoms with Crippen LogP contribution in [0, 0.1) is 29.0 Å². The van der Waals surface area contributed by atoms with Gasteiger partial charge in [0.15, 0.2) is 11.6 Å². The van der Waals surface area contributed by atoms with E-state index in [1.54, 1.807) is 0 Å². The number of nitrogens with zero attached hydrogens (tertiary/aromatic N) is 2. The van der Waals surface area contributed by atoms with Crippen LogP contribution in [0.25, 0.3) is 0 Å². The summed E-state index contributed by atoms with van der Waals surface area (Å²) in [5.74, 6) is 0.749. The van der Waals surface area contributed by atoms with E-state index in [-0.39, 0.29) is 22.6 Å². The zero-order chi connectivity index (χ0) is 14.0. The predicted molar refractivity (Wildman–Crippen MR) is 73.5 cm³/mol. The maximum absolute atomic E-state index is 13.9. The second-order valence-electron chi connectivity index (χ2n) is 5.44. The Hall–Kier alpha value is -1.34. The first kappa shape index (κ1) is 14.1. The smallest absolute Gasteiger partial charge is 0.166 e. The third kappa shape index (κ3) is 3.57. The quantitative estimate of drug-likeness (QED) is 0.831. The molecular weight excluding hydrogens is 265 g/mol. The molecule has 0 radical (unpaired) electrons. The zero-order valence-corrected chi connectivity index (χ0v) is 11.8. The fourth-order valence-corrected chi connectivity index (χ4v) is 2.21. The Balaban J connectivity index is 2.16. The van der Waals surface area contributed by atoms with E-state index in [2.05, 4.69) is 24.1 Å².